The Bertz CT molecular complexity index is 782. The van der Waals surface area contributed by atoms with Crippen molar-refractivity contribution < 1.29 is 14.3 Å². The zero-order valence-corrected chi connectivity index (χ0v) is 13.3. The highest BCUT2D eigenvalue weighted by molar-refractivity contribution is 6.06. The lowest BCUT2D eigenvalue weighted by Crippen LogP contribution is -2.31. The lowest BCUT2D eigenvalue weighted by atomic mass is 10.0. The molecule has 1 N–H and O–H groups in total. The summed E-state index contributed by atoms with van der Waals surface area (Å²) in [5.74, 6) is 0.109. The van der Waals surface area contributed by atoms with Crippen molar-refractivity contribution in [1.82, 2.24) is 9.78 Å². The van der Waals surface area contributed by atoms with Gasteiger partial charge in [0.1, 0.15) is 5.56 Å². The number of carbonyl (C=O) groups excluding carboxylic acids is 2. The zero-order valence-electron chi connectivity index (χ0n) is 13.3. The highest BCUT2D eigenvalue weighted by atomic mass is 16.5. The number of hydrogen-bond donors (Lipinski definition) is 1. The van der Waals surface area contributed by atoms with Gasteiger partial charge in [-0.25, -0.2) is 0 Å². The van der Waals surface area contributed by atoms with Crippen LogP contribution in [-0.2, 0) is 18.3 Å². The molecule has 0 aliphatic carbocycles. The number of nitrogens with one attached hydrogen (secondary N) is 1. The summed E-state index contributed by atoms with van der Waals surface area (Å²) in [6.07, 6.45) is 2.77. The summed E-state index contributed by atoms with van der Waals surface area (Å²) in [4.78, 5) is 25.7. The molecule has 120 valence electrons. The standard InChI is InChI=1S/C16H18N4O3/c1-19-9-12(16(18-19)23-3)15(22)17-11-5-6-13-10(8-11)4-7-14(21)20(13)2/h5-6,8-9H,4,7H2,1-3H3,(H,17,22). The summed E-state index contributed by atoms with van der Waals surface area (Å²) in [6.45, 7) is 0. The van der Waals surface area contributed by atoms with Crippen LogP contribution < -0.4 is 15.0 Å². The van der Waals surface area contributed by atoms with Gasteiger partial charge in [-0.1, -0.05) is 0 Å². The van der Waals surface area contributed by atoms with E-state index < -0.39 is 0 Å². The van der Waals surface area contributed by atoms with Crippen LogP contribution >= 0.6 is 0 Å². The van der Waals surface area contributed by atoms with Crippen LogP contribution in [0.1, 0.15) is 22.3 Å². The van der Waals surface area contributed by atoms with Crippen molar-refractivity contribution >= 4 is 23.2 Å². The normalized spacial score (nSPS) is 13.7. The minimum Gasteiger partial charge on any atom is -0.479 e. The Morgan fingerprint density at radius 3 is 2.83 bits per heavy atom. The summed E-state index contributed by atoms with van der Waals surface area (Å²) in [7, 11) is 4.97. The van der Waals surface area contributed by atoms with Gasteiger partial charge in [0.05, 0.1) is 7.11 Å². The van der Waals surface area contributed by atoms with Gasteiger partial charge in [-0.3, -0.25) is 14.3 Å². The molecule has 0 unspecified atom stereocenters. The van der Waals surface area contributed by atoms with E-state index in [1.807, 2.05) is 12.1 Å². The second kappa shape index (κ2) is 5.75. The van der Waals surface area contributed by atoms with Crippen LogP contribution in [0.4, 0.5) is 11.4 Å². The molecule has 2 amide bonds. The topological polar surface area (TPSA) is 76.5 Å². The second-order valence-electron chi connectivity index (χ2n) is 5.48. The van der Waals surface area contributed by atoms with Crippen LogP contribution in [0.5, 0.6) is 5.88 Å². The van der Waals surface area contributed by atoms with Gasteiger partial charge >= 0.3 is 0 Å². The van der Waals surface area contributed by atoms with Gasteiger partial charge in [0.15, 0.2) is 0 Å². The average Bonchev–Trinajstić information content (AvgIpc) is 2.92. The molecule has 7 heteroatoms. The Morgan fingerprint density at radius 2 is 2.09 bits per heavy atom. The van der Waals surface area contributed by atoms with Gasteiger partial charge in [-0.15, -0.1) is 5.10 Å². The maximum atomic E-state index is 12.4. The highest BCUT2D eigenvalue weighted by Gasteiger charge is 2.22. The lowest BCUT2D eigenvalue weighted by Gasteiger charge is -2.26. The molecule has 7 nitrogen and oxygen atoms in total. The minimum atomic E-state index is -0.282. The molecule has 0 radical (unpaired) electrons. The highest BCUT2D eigenvalue weighted by Crippen LogP contribution is 2.29. The third-order valence-electron chi connectivity index (χ3n) is 3.91. The fraction of sp³-hybridized carbons (Fsp3) is 0.312. The molecule has 0 spiro atoms. The molecule has 23 heavy (non-hydrogen) atoms. The van der Waals surface area contributed by atoms with Crippen molar-refractivity contribution in [3.05, 3.63) is 35.5 Å². The monoisotopic (exact) mass is 314 g/mol. The van der Waals surface area contributed by atoms with Gasteiger partial charge in [-0.2, -0.15) is 0 Å². The van der Waals surface area contributed by atoms with E-state index in [2.05, 4.69) is 10.4 Å². The number of amides is 2. The van der Waals surface area contributed by atoms with Crippen molar-refractivity contribution in [3.63, 3.8) is 0 Å². The number of rotatable bonds is 3. The largest absolute Gasteiger partial charge is 0.479 e. The summed E-state index contributed by atoms with van der Waals surface area (Å²) in [6, 6.07) is 5.54. The molecule has 1 aliphatic rings. The molecule has 0 fully saturated rings. The van der Waals surface area contributed by atoms with Crippen LogP contribution in [0, 0.1) is 0 Å². The van der Waals surface area contributed by atoms with Crippen LogP contribution in [0.15, 0.2) is 24.4 Å². The van der Waals surface area contributed by atoms with Crippen molar-refractivity contribution in [2.24, 2.45) is 7.05 Å². The Kier molecular flexibility index (Phi) is 3.77. The average molecular weight is 314 g/mol. The molecule has 3 rings (SSSR count). The Hall–Kier alpha value is -2.83. The van der Waals surface area contributed by atoms with Crippen molar-refractivity contribution in [2.45, 2.75) is 12.8 Å². The quantitative estimate of drug-likeness (QED) is 0.933. The molecule has 0 atom stereocenters. The number of aryl methyl sites for hydroxylation is 2. The van der Waals surface area contributed by atoms with Crippen molar-refractivity contribution in [1.29, 1.82) is 0 Å². The molecule has 1 aliphatic heterocycles. The molecule has 0 saturated heterocycles. The summed E-state index contributed by atoms with van der Waals surface area (Å²) >= 11 is 0. The van der Waals surface area contributed by atoms with E-state index in [-0.39, 0.29) is 17.7 Å². The predicted octanol–water partition coefficient (Wildman–Crippen LogP) is 1.59. The first-order chi connectivity index (χ1) is 11.0. The fourth-order valence-electron chi connectivity index (χ4n) is 2.71. The smallest absolute Gasteiger partial charge is 0.262 e. The van der Waals surface area contributed by atoms with E-state index in [1.54, 1.807) is 31.3 Å². The number of anilines is 2. The van der Waals surface area contributed by atoms with Crippen LogP contribution in [0.2, 0.25) is 0 Å². The molecular formula is C16H18N4O3. The summed E-state index contributed by atoms with van der Waals surface area (Å²) < 4.78 is 6.63. The predicted molar refractivity (Wildman–Crippen MR) is 85.9 cm³/mol. The van der Waals surface area contributed by atoms with Gasteiger partial charge in [0.25, 0.3) is 5.91 Å². The van der Waals surface area contributed by atoms with E-state index in [9.17, 15) is 9.59 Å². The molecule has 0 bridgehead atoms. The summed E-state index contributed by atoms with van der Waals surface area (Å²) in [5.41, 5.74) is 2.99. The number of fused-ring (bicyclic) bond motifs is 1. The maximum Gasteiger partial charge on any atom is 0.262 e. The third kappa shape index (κ3) is 2.77. The SMILES string of the molecule is COc1nn(C)cc1C(=O)Nc1ccc2c(c1)CCC(=O)N2C. The van der Waals surface area contributed by atoms with E-state index in [1.165, 1.54) is 11.8 Å². The van der Waals surface area contributed by atoms with Gasteiger partial charge in [0, 0.05) is 38.1 Å². The van der Waals surface area contributed by atoms with Crippen molar-refractivity contribution in [3.8, 4) is 5.88 Å². The molecule has 0 saturated carbocycles. The molecular weight excluding hydrogens is 296 g/mol. The number of carbonyl (C=O) groups is 2. The first-order valence-corrected chi connectivity index (χ1v) is 7.28. The van der Waals surface area contributed by atoms with Crippen LogP contribution in [0.25, 0.3) is 0 Å². The minimum absolute atomic E-state index is 0.106. The van der Waals surface area contributed by atoms with E-state index in [0.29, 0.717) is 24.1 Å². The zero-order chi connectivity index (χ0) is 16.6. The number of benzene rings is 1. The molecule has 1 aromatic heterocycles. The first-order valence-electron chi connectivity index (χ1n) is 7.28. The van der Waals surface area contributed by atoms with Gasteiger partial charge in [0.2, 0.25) is 11.8 Å². The van der Waals surface area contributed by atoms with Gasteiger partial charge < -0.3 is 15.0 Å². The second-order valence-corrected chi connectivity index (χ2v) is 5.48. The number of hydrogen-bond acceptors (Lipinski definition) is 4. The lowest BCUT2D eigenvalue weighted by molar-refractivity contribution is -0.118. The van der Waals surface area contributed by atoms with E-state index >= 15 is 0 Å². The molecule has 2 heterocycles. The number of ether oxygens (including phenoxy) is 1. The fourth-order valence-corrected chi connectivity index (χ4v) is 2.71. The first kappa shape index (κ1) is 15.1. The van der Waals surface area contributed by atoms with E-state index in [0.717, 1.165) is 11.3 Å². The Morgan fingerprint density at radius 1 is 1.30 bits per heavy atom. The third-order valence-corrected chi connectivity index (χ3v) is 3.91. The maximum absolute atomic E-state index is 12.4. The van der Waals surface area contributed by atoms with Crippen LogP contribution in [0.3, 0.4) is 0 Å². The summed E-state index contributed by atoms with van der Waals surface area (Å²) in [5, 5.41) is 6.92. The van der Waals surface area contributed by atoms with Gasteiger partial charge in [-0.05, 0) is 30.2 Å². The van der Waals surface area contributed by atoms with E-state index in [4.69, 9.17) is 4.74 Å². The number of methoxy groups -OCH3 is 1. The Balaban J connectivity index is 1.83. The van der Waals surface area contributed by atoms with Crippen molar-refractivity contribution in [2.75, 3.05) is 24.4 Å². The molecule has 2 aromatic rings. The Labute approximate surface area is 133 Å². The number of nitrogens with zero attached hydrogens (tertiary/aromatic N) is 3. The number of aromatic nitrogens is 2. The molecule has 1 aromatic carbocycles. The van der Waals surface area contributed by atoms with Crippen LogP contribution in [-0.4, -0.2) is 35.8 Å².